The SMILES string of the molecule is COc1ccc(NC(N)=NCC(C)c2nc(C)cs2)cc1. The summed E-state index contributed by atoms with van der Waals surface area (Å²) < 4.78 is 5.11. The largest absolute Gasteiger partial charge is 0.497 e. The van der Waals surface area contributed by atoms with Gasteiger partial charge in [0, 0.05) is 22.7 Å². The number of rotatable bonds is 5. The van der Waals surface area contributed by atoms with E-state index in [9.17, 15) is 0 Å². The number of anilines is 1. The highest BCUT2D eigenvalue weighted by atomic mass is 32.1. The molecule has 0 aliphatic heterocycles. The first-order valence-electron chi connectivity index (χ1n) is 6.71. The van der Waals surface area contributed by atoms with Crippen LogP contribution in [0.1, 0.15) is 23.5 Å². The van der Waals surface area contributed by atoms with Gasteiger partial charge in [-0.05, 0) is 31.2 Å². The number of thiazole rings is 1. The smallest absolute Gasteiger partial charge is 0.193 e. The molecule has 1 atom stereocenters. The van der Waals surface area contributed by atoms with Gasteiger partial charge in [-0.15, -0.1) is 11.3 Å². The zero-order chi connectivity index (χ0) is 15.2. The van der Waals surface area contributed by atoms with E-state index >= 15 is 0 Å². The van der Waals surface area contributed by atoms with Crippen LogP contribution in [0.5, 0.6) is 5.75 Å². The number of nitrogens with zero attached hydrogens (tertiary/aromatic N) is 2. The average Bonchev–Trinajstić information content (AvgIpc) is 2.92. The molecular weight excluding hydrogens is 284 g/mol. The Morgan fingerprint density at radius 3 is 2.71 bits per heavy atom. The molecule has 0 radical (unpaired) electrons. The number of aliphatic imine (C=N–C) groups is 1. The van der Waals surface area contributed by atoms with Gasteiger partial charge in [-0.25, -0.2) is 4.98 Å². The summed E-state index contributed by atoms with van der Waals surface area (Å²) in [5.74, 6) is 1.48. The fourth-order valence-corrected chi connectivity index (χ4v) is 2.62. The standard InChI is InChI=1S/C15H20N4OS/c1-10(14-18-11(2)9-21-14)8-17-15(16)19-12-4-6-13(20-3)7-5-12/h4-7,9-10H,8H2,1-3H3,(H3,16,17,19). The van der Waals surface area contributed by atoms with Crippen LogP contribution in [0.3, 0.4) is 0 Å². The molecule has 0 saturated heterocycles. The van der Waals surface area contributed by atoms with Gasteiger partial charge in [-0.1, -0.05) is 6.92 Å². The second-order valence-electron chi connectivity index (χ2n) is 4.81. The molecule has 0 amide bonds. The Morgan fingerprint density at radius 2 is 2.14 bits per heavy atom. The average molecular weight is 304 g/mol. The Labute approximate surface area is 128 Å². The Balaban J connectivity index is 1.91. The molecule has 0 fully saturated rings. The van der Waals surface area contributed by atoms with E-state index in [4.69, 9.17) is 10.5 Å². The van der Waals surface area contributed by atoms with E-state index < -0.39 is 0 Å². The maximum absolute atomic E-state index is 5.90. The first-order chi connectivity index (χ1) is 10.1. The van der Waals surface area contributed by atoms with Crippen LogP contribution >= 0.6 is 11.3 Å². The van der Waals surface area contributed by atoms with Crippen LogP contribution in [-0.4, -0.2) is 24.6 Å². The maximum Gasteiger partial charge on any atom is 0.193 e. The molecule has 0 saturated carbocycles. The second kappa shape index (κ2) is 7.08. The van der Waals surface area contributed by atoms with E-state index in [-0.39, 0.29) is 5.92 Å². The number of aryl methyl sites for hydroxylation is 1. The van der Waals surface area contributed by atoms with Gasteiger partial charge < -0.3 is 15.8 Å². The Bertz CT molecular complexity index is 606. The van der Waals surface area contributed by atoms with Crippen LogP contribution in [0, 0.1) is 6.92 Å². The number of ether oxygens (including phenoxy) is 1. The van der Waals surface area contributed by atoms with Gasteiger partial charge in [-0.3, -0.25) is 4.99 Å². The summed E-state index contributed by atoms with van der Waals surface area (Å²) in [7, 11) is 1.64. The third-order valence-corrected chi connectivity index (χ3v) is 4.15. The molecule has 21 heavy (non-hydrogen) atoms. The van der Waals surface area contributed by atoms with E-state index in [1.807, 2.05) is 31.2 Å². The predicted octanol–water partition coefficient (Wildman–Crippen LogP) is 2.99. The fraction of sp³-hybridized carbons (Fsp3) is 0.333. The normalized spacial score (nSPS) is 13.0. The number of methoxy groups -OCH3 is 1. The number of nitrogens with one attached hydrogen (secondary N) is 1. The summed E-state index contributed by atoms with van der Waals surface area (Å²) >= 11 is 1.66. The molecule has 1 aromatic heterocycles. The Morgan fingerprint density at radius 1 is 1.43 bits per heavy atom. The summed E-state index contributed by atoms with van der Waals surface area (Å²) in [6.07, 6.45) is 0. The number of nitrogens with two attached hydrogens (primary N) is 1. The topological polar surface area (TPSA) is 72.5 Å². The number of benzene rings is 1. The molecule has 5 nitrogen and oxygen atoms in total. The van der Waals surface area contributed by atoms with Gasteiger partial charge in [0.05, 0.1) is 18.7 Å². The van der Waals surface area contributed by atoms with E-state index in [2.05, 4.69) is 27.6 Å². The van der Waals surface area contributed by atoms with Crippen molar-refractivity contribution in [1.82, 2.24) is 4.98 Å². The summed E-state index contributed by atoms with van der Waals surface area (Å²) in [6, 6.07) is 7.54. The van der Waals surface area contributed by atoms with Crippen LogP contribution < -0.4 is 15.8 Å². The van der Waals surface area contributed by atoms with Crippen molar-refractivity contribution < 1.29 is 4.74 Å². The van der Waals surface area contributed by atoms with E-state index in [0.29, 0.717) is 12.5 Å². The first-order valence-corrected chi connectivity index (χ1v) is 7.59. The van der Waals surface area contributed by atoms with Gasteiger partial charge in [0.2, 0.25) is 0 Å². The lowest BCUT2D eigenvalue weighted by molar-refractivity contribution is 0.415. The molecule has 1 heterocycles. The Hall–Kier alpha value is -2.08. The summed E-state index contributed by atoms with van der Waals surface area (Å²) in [5.41, 5.74) is 7.83. The van der Waals surface area contributed by atoms with Crippen LogP contribution in [0.25, 0.3) is 0 Å². The molecule has 112 valence electrons. The van der Waals surface area contributed by atoms with Crippen molar-refractivity contribution in [2.45, 2.75) is 19.8 Å². The predicted molar refractivity (Wildman–Crippen MR) is 88.4 cm³/mol. The lowest BCUT2D eigenvalue weighted by atomic mass is 10.2. The highest BCUT2D eigenvalue weighted by Gasteiger charge is 2.08. The second-order valence-corrected chi connectivity index (χ2v) is 5.70. The van der Waals surface area contributed by atoms with Gasteiger partial charge in [0.15, 0.2) is 5.96 Å². The third-order valence-electron chi connectivity index (χ3n) is 2.96. The van der Waals surface area contributed by atoms with Crippen molar-refractivity contribution in [3.63, 3.8) is 0 Å². The Kier molecular flexibility index (Phi) is 5.16. The highest BCUT2D eigenvalue weighted by molar-refractivity contribution is 7.09. The molecular formula is C15H20N4OS. The van der Waals surface area contributed by atoms with Crippen LogP contribution in [-0.2, 0) is 0 Å². The van der Waals surface area contributed by atoms with Gasteiger partial charge in [0.1, 0.15) is 5.75 Å². The van der Waals surface area contributed by atoms with E-state index in [0.717, 1.165) is 22.1 Å². The molecule has 0 aliphatic carbocycles. The van der Waals surface area contributed by atoms with Crippen LogP contribution in [0.2, 0.25) is 0 Å². The number of hydrogen-bond acceptors (Lipinski definition) is 4. The fourth-order valence-electron chi connectivity index (χ4n) is 1.77. The monoisotopic (exact) mass is 304 g/mol. The van der Waals surface area contributed by atoms with Crippen molar-refractivity contribution in [1.29, 1.82) is 0 Å². The van der Waals surface area contributed by atoms with Crippen molar-refractivity contribution in [2.24, 2.45) is 10.7 Å². The molecule has 0 bridgehead atoms. The lowest BCUT2D eigenvalue weighted by Crippen LogP contribution is -2.23. The molecule has 0 spiro atoms. The third kappa shape index (κ3) is 4.46. The van der Waals surface area contributed by atoms with Crippen molar-refractivity contribution in [2.75, 3.05) is 19.0 Å². The van der Waals surface area contributed by atoms with Crippen molar-refractivity contribution >= 4 is 23.0 Å². The maximum atomic E-state index is 5.90. The quantitative estimate of drug-likeness (QED) is 0.658. The highest BCUT2D eigenvalue weighted by Crippen LogP contribution is 2.20. The first kappa shape index (κ1) is 15.3. The minimum Gasteiger partial charge on any atom is -0.497 e. The van der Waals surface area contributed by atoms with Gasteiger partial charge in [0.25, 0.3) is 0 Å². The number of hydrogen-bond donors (Lipinski definition) is 2. The van der Waals surface area contributed by atoms with E-state index in [1.165, 1.54) is 0 Å². The van der Waals surface area contributed by atoms with Crippen LogP contribution in [0.4, 0.5) is 5.69 Å². The summed E-state index contributed by atoms with van der Waals surface area (Å²) in [5, 5.41) is 6.20. The molecule has 2 rings (SSSR count). The zero-order valence-electron chi connectivity index (χ0n) is 12.5. The van der Waals surface area contributed by atoms with Crippen LogP contribution in [0.15, 0.2) is 34.6 Å². The van der Waals surface area contributed by atoms with Crippen molar-refractivity contribution in [3.8, 4) is 5.75 Å². The van der Waals surface area contributed by atoms with Gasteiger partial charge >= 0.3 is 0 Å². The molecule has 1 unspecified atom stereocenters. The minimum atomic E-state index is 0.264. The van der Waals surface area contributed by atoms with E-state index in [1.54, 1.807) is 18.4 Å². The van der Waals surface area contributed by atoms with Gasteiger partial charge in [-0.2, -0.15) is 0 Å². The molecule has 1 aromatic carbocycles. The molecule has 3 N–H and O–H groups in total. The van der Waals surface area contributed by atoms with Crippen molar-refractivity contribution in [3.05, 3.63) is 40.3 Å². The lowest BCUT2D eigenvalue weighted by Gasteiger charge is -2.08. The number of aromatic nitrogens is 1. The molecule has 6 heteroatoms. The summed E-state index contributed by atoms with van der Waals surface area (Å²) in [6.45, 7) is 4.71. The summed E-state index contributed by atoms with van der Waals surface area (Å²) in [4.78, 5) is 8.83. The zero-order valence-corrected chi connectivity index (χ0v) is 13.3. The minimum absolute atomic E-state index is 0.264. The number of guanidine groups is 1. The molecule has 2 aromatic rings. The molecule has 0 aliphatic rings.